The molecule has 2 rings (SSSR count). The SMILES string of the molecule is N=C(N)c1c(Cl)cccc1Oc1ccc(Br)cc1Cl. The van der Waals surface area contributed by atoms with Gasteiger partial charge in [-0.05, 0) is 30.3 Å². The average Bonchev–Trinajstić information content (AvgIpc) is 2.32. The van der Waals surface area contributed by atoms with E-state index in [9.17, 15) is 0 Å². The molecule has 0 spiro atoms. The summed E-state index contributed by atoms with van der Waals surface area (Å²) in [7, 11) is 0. The second kappa shape index (κ2) is 5.82. The molecular formula is C13H9BrCl2N2O. The van der Waals surface area contributed by atoms with Gasteiger partial charge in [0.05, 0.1) is 15.6 Å². The van der Waals surface area contributed by atoms with Crippen molar-refractivity contribution in [1.82, 2.24) is 0 Å². The van der Waals surface area contributed by atoms with Gasteiger partial charge in [0, 0.05) is 4.47 Å². The van der Waals surface area contributed by atoms with Crippen LogP contribution < -0.4 is 10.5 Å². The summed E-state index contributed by atoms with van der Waals surface area (Å²) in [5.41, 5.74) is 5.86. The number of benzene rings is 2. The Morgan fingerprint density at radius 1 is 1.11 bits per heavy atom. The lowest BCUT2D eigenvalue weighted by Gasteiger charge is -2.12. The van der Waals surface area contributed by atoms with Gasteiger partial charge in [-0.3, -0.25) is 5.41 Å². The predicted molar refractivity (Wildman–Crippen MR) is 81.7 cm³/mol. The summed E-state index contributed by atoms with van der Waals surface area (Å²) in [6.45, 7) is 0. The molecule has 0 aliphatic rings. The van der Waals surface area contributed by atoms with Crippen molar-refractivity contribution in [2.75, 3.05) is 0 Å². The number of rotatable bonds is 3. The van der Waals surface area contributed by atoms with E-state index in [0.717, 1.165) is 4.47 Å². The molecule has 6 heteroatoms. The molecule has 0 unspecified atom stereocenters. The molecule has 0 aliphatic heterocycles. The second-order valence-electron chi connectivity index (χ2n) is 3.70. The van der Waals surface area contributed by atoms with Crippen LogP contribution in [0.1, 0.15) is 5.56 Å². The summed E-state index contributed by atoms with van der Waals surface area (Å²) < 4.78 is 6.53. The third-order valence-electron chi connectivity index (χ3n) is 2.36. The summed E-state index contributed by atoms with van der Waals surface area (Å²) in [4.78, 5) is 0. The third-order valence-corrected chi connectivity index (χ3v) is 3.46. The zero-order valence-corrected chi connectivity index (χ0v) is 12.7. The number of halogens is 3. The smallest absolute Gasteiger partial charge is 0.146 e. The Balaban J connectivity index is 2.44. The molecule has 98 valence electrons. The van der Waals surface area contributed by atoms with Crippen LogP contribution in [0.25, 0.3) is 0 Å². The van der Waals surface area contributed by atoms with Gasteiger partial charge in [-0.25, -0.2) is 0 Å². The Morgan fingerprint density at radius 3 is 2.47 bits per heavy atom. The van der Waals surface area contributed by atoms with Crippen molar-refractivity contribution >= 4 is 45.0 Å². The second-order valence-corrected chi connectivity index (χ2v) is 5.43. The lowest BCUT2D eigenvalue weighted by Crippen LogP contribution is -2.13. The highest BCUT2D eigenvalue weighted by molar-refractivity contribution is 9.10. The fourth-order valence-corrected chi connectivity index (χ4v) is 2.51. The van der Waals surface area contributed by atoms with E-state index in [1.165, 1.54) is 0 Å². The van der Waals surface area contributed by atoms with E-state index in [-0.39, 0.29) is 5.84 Å². The molecule has 3 N–H and O–H groups in total. The quantitative estimate of drug-likeness (QED) is 0.608. The van der Waals surface area contributed by atoms with Gasteiger partial charge in [-0.2, -0.15) is 0 Å². The van der Waals surface area contributed by atoms with Gasteiger partial charge in [0.15, 0.2) is 0 Å². The number of amidine groups is 1. The molecule has 0 radical (unpaired) electrons. The van der Waals surface area contributed by atoms with E-state index in [1.807, 2.05) is 0 Å². The Bertz CT molecular complexity index is 647. The maximum atomic E-state index is 7.54. The lowest BCUT2D eigenvalue weighted by atomic mass is 10.2. The summed E-state index contributed by atoms with van der Waals surface area (Å²) in [5, 5.41) is 8.35. The molecule has 0 saturated heterocycles. The number of hydrogen-bond donors (Lipinski definition) is 2. The molecule has 2 aromatic carbocycles. The monoisotopic (exact) mass is 358 g/mol. The number of ether oxygens (including phenoxy) is 1. The molecule has 19 heavy (non-hydrogen) atoms. The van der Waals surface area contributed by atoms with Gasteiger partial charge in [-0.15, -0.1) is 0 Å². The minimum absolute atomic E-state index is 0.158. The zero-order valence-electron chi connectivity index (χ0n) is 9.58. The fourth-order valence-electron chi connectivity index (χ4n) is 1.53. The van der Waals surface area contributed by atoms with Crippen LogP contribution in [0.4, 0.5) is 0 Å². The Morgan fingerprint density at radius 2 is 1.84 bits per heavy atom. The highest BCUT2D eigenvalue weighted by atomic mass is 79.9. The van der Waals surface area contributed by atoms with Gasteiger partial charge < -0.3 is 10.5 Å². The topological polar surface area (TPSA) is 59.1 Å². The molecule has 0 amide bonds. The van der Waals surface area contributed by atoms with Crippen LogP contribution in [-0.4, -0.2) is 5.84 Å². The van der Waals surface area contributed by atoms with Crippen molar-refractivity contribution in [3.63, 3.8) is 0 Å². The highest BCUT2D eigenvalue weighted by Gasteiger charge is 2.13. The first-order valence-electron chi connectivity index (χ1n) is 5.25. The summed E-state index contributed by atoms with van der Waals surface area (Å²) in [6, 6.07) is 10.3. The van der Waals surface area contributed by atoms with Crippen molar-refractivity contribution in [3.8, 4) is 11.5 Å². The van der Waals surface area contributed by atoms with E-state index in [4.69, 9.17) is 39.1 Å². The van der Waals surface area contributed by atoms with Gasteiger partial charge >= 0.3 is 0 Å². The molecule has 0 saturated carbocycles. The van der Waals surface area contributed by atoms with Crippen LogP contribution >= 0.6 is 39.1 Å². The molecule has 0 aliphatic carbocycles. The van der Waals surface area contributed by atoms with Crippen LogP contribution in [-0.2, 0) is 0 Å². The number of nitrogen functional groups attached to an aromatic ring is 1. The molecule has 0 fully saturated rings. The van der Waals surface area contributed by atoms with E-state index in [2.05, 4.69) is 15.9 Å². The molecule has 0 atom stereocenters. The largest absolute Gasteiger partial charge is 0.455 e. The third kappa shape index (κ3) is 3.21. The first-order valence-corrected chi connectivity index (χ1v) is 6.79. The molecular weight excluding hydrogens is 351 g/mol. The van der Waals surface area contributed by atoms with Crippen LogP contribution in [0.3, 0.4) is 0 Å². The molecule has 3 nitrogen and oxygen atoms in total. The summed E-state index contributed by atoms with van der Waals surface area (Å²) in [5.74, 6) is 0.702. The average molecular weight is 360 g/mol. The Labute approximate surface area is 128 Å². The summed E-state index contributed by atoms with van der Waals surface area (Å²) in [6.07, 6.45) is 0. The molecule has 0 heterocycles. The standard InChI is InChI=1S/C13H9BrCl2N2O/c14-7-4-5-10(9(16)6-7)19-11-3-1-2-8(15)12(11)13(17)18/h1-6H,(H3,17,18). The molecule has 0 aromatic heterocycles. The normalized spacial score (nSPS) is 10.3. The lowest BCUT2D eigenvalue weighted by molar-refractivity contribution is 0.481. The molecule has 2 aromatic rings. The minimum atomic E-state index is -0.158. The van der Waals surface area contributed by atoms with Crippen LogP contribution in [0, 0.1) is 5.41 Å². The van der Waals surface area contributed by atoms with E-state index >= 15 is 0 Å². The fraction of sp³-hybridized carbons (Fsp3) is 0. The maximum absolute atomic E-state index is 7.54. The van der Waals surface area contributed by atoms with Crippen LogP contribution in [0.15, 0.2) is 40.9 Å². The maximum Gasteiger partial charge on any atom is 0.146 e. The van der Waals surface area contributed by atoms with Crippen molar-refractivity contribution in [3.05, 3.63) is 56.5 Å². The summed E-state index contributed by atoms with van der Waals surface area (Å²) >= 11 is 15.4. The van der Waals surface area contributed by atoms with E-state index < -0.39 is 0 Å². The predicted octanol–water partition coefficient (Wildman–Crippen LogP) is 4.83. The van der Waals surface area contributed by atoms with Crippen molar-refractivity contribution in [2.45, 2.75) is 0 Å². The molecule has 0 bridgehead atoms. The van der Waals surface area contributed by atoms with Gasteiger partial charge in [-0.1, -0.05) is 45.2 Å². The minimum Gasteiger partial charge on any atom is -0.455 e. The Kier molecular flexibility index (Phi) is 4.34. The van der Waals surface area contributed by atoms with Crippen molar-refractivity contribution < 1.29 is 4.74 Å². The van der Waals surface area contributed by atoms with Gasteiger partial charge in [0.1, 0.15) is 17.3 Å². The zero-order chi connectivity index (χ0) is 14.0. The van der Waals surface area contributed by atoms with Crippen LogP contribution in [0.5, 0.6) is 11.5 Å². The number of nitrogens with one attached hydrogen (secondary N) is 1. The highest BCUT2D eigenvalue weighted by Crippen LogP contribution is 2.35. The van der Waals surface area contributed by atoms with E-state index in [0.29, 0.717) is 27.1 Å². The van der Waals surface area contributed by atoms with Crippen LogP contribution in [0.2, 0.25) is 10.0 Å². The van der Waals surface area contributed by atoms with Crippen molar-refractivity contribution in [1.29, 1.82) is 5.41 Å². The Hall–Kier alpha value is -1.23. The number of nitrogens with two attached hydrogens (primary N) is 1. The van der Waals surface area contributed by atoms with Gasteiger partial charge in [0.25, 0.3) is 0 Å². The number of hydrogen-bond acceptors (Lipinski definition) is 2. The first-order chi connectivity index (χ1) is 8.99. The first kappa shape index (κ1) is 14.2. The van der Waals surface area contributed by atoms with Crippen molar-refractivity contribution in [2.24, 2.45) is 5.73 Å². The van der Waals surface area contributed by atoms with Gasteiger partial charge in [0.2, 0.25) is 0 Å². The van der Waals surface area contributed by atoms with E-state index in [1.54, 1.807) is 36.4 Å².